The van der Waals surface area contributed by atoms with E-state index in [1.165, 1.54) is 18.4 Å². The van der Waals surface area contributed by atoms with Crippen molar-refractivity contribution >= 4 is 11.6 Å². The molecule has 1 saturated heterocycles. The molecule has 0 spiro atoms. The van der Waals surface area contributed by atoms with Crippen molar-refractivity contribution in [1.82, 2.24) is 10.2 Å². The topological polar surface area (TPSA) is 35.5 Å². The Labute approximate surface area is 120 Å². The summed E-state index contributed by atoms with van der Waals surface area (Å²) in [5, 5.41) is 13.2. The zero-order valence-corrected chi connectivity index (χ0v) is 12.1. The van der Waals surface area contributed by atoms with Gasteiger partial charge in [0.1, 0.15) is 0 Å². The van der Waals surface area contributed by atoms with Crippen molar-refractivity contribution in [2.45, 2.75) is 31.8 Å². The molecule has 106 valence electrons. The second-order valence-corrected chi connectivity index (χ2v) is 5.60. The van der Waals surface area contributed by atoms with Gasteiger partial charge in [0.25, 0.3) is 0 Å². The van der Waals surface area contributed by atoms with Gasteiger partial charge in [0.15, 0.2) is 0 Å². The number of aliphatic hydroxyl groups excluding tert-OH is 1. The van der Waals surface area contributed by atoms with Crippen LogP contribution in [0.4, 0.5) is 0 Å². The quantitative estimate of drug-likeness (QED) is 0.786. The Hall–Kier alpha value is -0.610. The number of piperidine rings is 1. The molecule has 0 aromatic heterocycles. The average Bonchev–Trinajstić information content (AvgIpc) is 2.42. The third kappa shape index (κ3) is 4.77. The van der Waals surface area contributed by atoms with Gasteiger partial charge in [0, 0.05) is 30.8 Å². The molecule has 1 aromatic carbocycles. The number of nitrogens with zero attached hydrogens (tertiary/aromatic N) is 1. The van der Waals surface area contributed by atoms with Crippen molar-refractivity contribution in [2.75, 3.05) is 26.2 Å². The Bertz CT molecular complexity index is 386. The molecule has 1 aliphatic heterocycles. The van der Waals surface area contributed by atoms with Crippen molar-refractivity contribution in [3.63, 3.8) is 0 Å². The first-order valence-electron chi connectivity index (χ1n) is 7.09. The summed E-state index contributed by atoms with van der Waals surface area (Å²) in [6, 6.07) is 8.62. The number of halogens is 1. The van der Waals surface area contributed by atoms with Crippen molar-refractivity contribution in [3.05, 3.63) is 34.9 Å². The van der Waals surface area contributed by atoms with Crippen molar-refractivity contribution in [2.24, 2.45) is 0 Å². The van der Waals surface area contributed by atoms with Gasteiger partial charge in [-0.1, -0.05) is 29.8 Å². The molecule has 4 heteroatoms. The first-order valence-corrected chi connectivity index (χ1v) is 7.47. The summed E-state index contributed by atoms with van der Waals surface area (Å²) < 4.78 is 0. The van der Waals surface area contributed by atoms with Gasteiger partial charge in [-0.25, -0.2) is 0 Å². The van der Waals surface area contributed by atoms with E-state index in [0.717, 1.165) is 37.6 Å². The van der Waals surface area contributed by atoms with Crippen molar-refractivity contribution in [1.29, 1.82) is 0 Å². The molecule has 1 unspecified atom stereocenters. The Morgan fingerprint density at radius 2 is 2.21 bits per heavy atom. The fraction of sp³-hybridized carbons (Fsp3) is 0.600. The van der Waals surface area contributed by atoms with Crippen LogP contribution in [-0.2, 0) is 6.54 Å². The van der Waals surface area contributed by atoms with Crippen LogP contribution in [0.3, 0.4) is 0 Å². The van der Waals surface area contributed by atoms with Crippen LogP contribution in [-0.4, -0.2) is 42.3 Å². The molecule has 19 heavy (non-hydrogen) atoms. The summed E-state index contributed by atoms with van der Waals surface area (Å²) in [5.74, 6) is 0. The lowest BCUT2D eigenvalue weighted by atomic mass is 10.0. The molecule has 2 N–H and O–H groups in total. The minimum atomic E-state index is 0.267. The van der Waals surface area contributed by atoms with Gasteiger partial charge in [-0.05, 0) is 44.0 Å². The standard InChI is InChI=1S/C15H23ClN2O/c16-15-7-2-1-5-13(15)11-18-9-3-6-14(12-18)17-8-4-10-19/h1-2,5,7,14,17,19H,3-4,6,8-12H2. The fourth-order valence-electron chi connectivity index (χ4n) is 2.62. The molecule has 0 radical (unpaired) electrons. The number of likely N-dealkylation sites (tertiary alicyclic amines) is 1. The minimum Gasteiger partial charge on any atom is -0.396 e. The summed E-state index contributed by atoms with van der Waals surface area (Å²) in [7, 11) is 0. The van der Waals surface area contributed by atoms with Gasteiger partial charge in [-0.15, -0.1) is 0 Å². The average molecular weight is 283 g/mol. The summed E-state index contributed by atoms with van der Waals surface area (Å²) in [5.41, 5.74) is 1.21. The third-order valence-electron chi connectivity index (χ3n) is 3.63. The first kappa shape index (κ1) is 14.8. The lowest BCUT2D eigenvalue weighted by molar-refractivity contribution is 0.181. The Kier molecular flexibility index (Phi) is 6.11. The molecule has 3 nitrogen and oxygen atoms in total. The zero-order chi connectivity index (χ0) is 13.5. The highest BCUT2D eigenvalue weighted by molar-refractivity contribution is 6.31. The smallest absolute Gasteiger partial charge is 0.0451 e. The summed E-state index contributed by atoms with van der Waals surface area (Å²) >= 11 is 6.21. The predicted octanol–water partition coefficient (Wildman–Crippen LogP) is 2.28. The maximum Gasteiger partial charge on any atom is 0.0451 e. The molecule has 1 fully saturated rings. The normalized spacial score (nSPS) is 20.6. The van der Waals surface area contributed by atoms with Crippen LogP contribution in [0.15, 0.2) is 24.3 Å². The molecule has 1 heterocycles. The molecular formula is C15H23ClN2O. The molecule has 0 saturated carbocycles. The molecule has 0 amide bonds. The largest absolute Gasteiger partial charge is 0.396 e. The lowest BCUT2D eigenvalue weighted by Crippen LogP contribution is -2.45. The van der Waals surface area contributed by atoms with E-state index in [4.69, 9.17) is 16.7 Å². The van der Waals surface area contributed by atoms with Crippen LogP contribution in [0.2, 0.25) is 5.02 Å². The van der Waals surface area contributed by atoms with Gasteiger partial charge in [0.05, 0.1) is 0 Å². The number of nitrogens with one attached hydrogen (secondary N) is 1. The summed E-state index contributed by atoms with van der Waals surface area (Å²) in [6.45, 7) is 4.31. The predicted molar refractivity (Wildman–Crippen MR) is 79.5 cm³/mol. The number of hydrogen-bond acceptors (Lipinski definition) is 3. The lowest BCUT2D eigenvalue weighted by Gasteiger charge is -2.33. The molecule has 1 aliphatic rings. The monoisotopic (exact) mass is 282 g/mol. The van der Waals surface area contributed by atoms with Gasteiger partial charge in [-0.2, -0.15) is 0 Å². The van der Waals surface area contributed by atoms with Crippen LogP contribution >= 0.6 is 11.6 Å². The number of aliphatic hydroxyl groups is 1. The van der Waals surface area contributed by atoms with Crippen molar-refractivity contribution < 1.29 is 5.11 Å². The van der Waals surface area contributed by atoms with Crippen LogP contribution in [0.25, 0.3) is 0 Å². The van der Waals surface area contributed by atoms with Crippen LogP contribution < -0.4 is 5.32 Å². The molecule has 0 bridgehead atoms. The van der Waals surface area contributed by atoms with E-state index in [1.807, 2.05) is 18.2 Å². The number of hydrogen-bond donors (Lipinski definition) is 2. The van der Waals surface area contributed by atoms with E-state index < -0.39 is 0 Å². The highest BCUT2D eigenvalue weighted by atomic mass is 35.5. The van der Waals surface area contributed by atoms with Crippen LogP contribution in [0.1, 0.15) is 24.8 Å². The minimum absolute atomic E-state index is 0.267. The van der Waals surface area contributed by atoms with E-state index in [0.29, 0.717) is 6.04 Å². The van der Waals surface area contributed by atoms with E-state index in [1.54, 1.807) is 0 Å². The highest BCUT2D eigenvalue weighted by Crippen LogP contribution is 2.19. The Balaban J connectivity index is 1.82. The maximum atomic E-state index is 8.81. The van der Waals surface area contributed by atoms with Gasteiger partial charge < -0.3 is 10.4 Å². The molecular weight excluding hydrogens is 260 g/mol. The molecule has 2 rings (SSSR count). The second kappa shape index (κ2) is 7.85. The van der Waals surface area contributed by atoms with E-state index in [-0.39, 0.29) is 6.61 Å². The van der Waals surface area contributed by atoms with Crippen LogP contribution in [0, 0.1) is 0 Å². The number of rotatable bonds is 6. The third-order valence-corrected chi connectivity index (χ3v) is 3.99. The maximum absolute atomic E-state index is 8.81. The van der Waals surface area contributed by atoms with E-state index >= 15 is 0 Å². The second-order valence-electron chi connectivity index (χ2n) is 5.20. The van der Waals surface area contributed by atoms with Crippen molar-refractivity contribution in [3.8, 4) is 0 Å². The molecule has 1 aromatic rings. The zero-order valence-electron chi connectivity index (χ0n) is 11.3. The number of benzene rings is 1. The molecule has 0 aliphatic carbocycles. The molecule has 1 atom stereocenters. The first-order chi connectivity index (χ1) is 9.29. The SMILES string of the molecule is OCCCNC1CCCN(Cc2ccccc2Cl)C1. The Morgan fingerprint density at radius 3 is 3.00 bits per heavy atom. The summed E-state index contributed by atoms with van der Waals surface area (Å²) in [6.07, 6.45) is 3.28. The van der Waals surface area contributed by atoms with Gasteiger partial charge in [-0.3, -0.25) is 4.90 Å². The van der Waals surface area contributed by atoms with Gasteiger partial charge >= 0.3 is 0 Å². The van der Waals surface area contributed by atoms with Crippen LogP contribution in [0.5, 0.6) is 0 Å². The van der Waals surface area contributed by atoms with Gasteiger partial charge in [0.2, 0.25) is 0 Å². The Morgan fingerprint density at radius 1 is 1.37 bits per heavy atom. The van der Waals surface area contributed by atoms with E-state index in [2.05, 4.69) is 16.3 Å². The summed E-state index contributed by atoms with van der Waals surface area (Å²) in [4.78, 5) is 2.46. The van der Waals surface area contributed by atoms with E-state index in [9.17, 15) is 0 Å². The highest BCUT2D eigenvalue weighted by Gasteiger charge is 2.19. The fourth-order valence-corrected chi connectivity index (χ4v) is 2.81.